The minimum atomic E-state index is 0.262. The van der Waals surface area contributed by atoms with Gasteiger partial charge in [0.2, 0.25) is 5.91 Å². The molecular formula is C14H26N2O. The second kappa shape index (κ2) is 4.97. The summed E-state index contributed by atoms with van der Waals surface area (Å²) in [6, 6.07) is 0. The van der Waals surface area contributed by atoms with E-state index in [2.05, 4.69) is 31.0 Å². The Morgan fingerprint density at radius 1 is 1.29 bits per heavy atom. The quantitative estimate of drug-likeness (QED) is 0.756. The van der Waals surface area contributed by atoms with Gasteiger partial charge in [0.15, 0.2) is 0 Å². The first kappa shape index (κ1) is 12.9. The lowest BCUT2D eigenvalue weighted by Gasteiger charge is -2.40. The summed E-state index contributed by atoms with van der Waals surface area (Å²) in [5.74, 6) is 1.16. The largest absolute Gasteiger partial charge is 0.342 e. The molecule has 2 heterocycles. The Kier molecular flexibility index (Phi) is 3.76. The molecule has 2 atom stereocenters. The highest BCUT2D eigenvalue weighted by atomic mass is 16.2. The van der Waals surface area contributed by atoms with E-state index in [-0.39, 0.29) is 5.92 Å². The summed E-state index contributed by atoms with van der Waals surface area (Å²) in [7, 11) is 0. The molecular weight excluding hydrogens is 212 g/mol. The minimum Gasteiger partial charge on any atom is -0.342 e. The van der Waals surface area contributed by atoms with Crippen LogP contribution < -0.4 is 5.32 Å². The molecule has 3 nitrogen and oxygen atoms in total. The smallest absolute Gasteiger partial charge is 0.226 e. The Morgan fingerprint density at radius 2 is 1.94 bits per heavy atom. The molecule has 0 aromatic heterocycles. The summed E-state index contributed by atoms with van der Waals surface area (Å²) in [6.07, 6.45) is 3.32. The zero-order chi connectivity index (χ0) is 12.5. The maximum atomic E-state index is 12.5. The van der Waals surface area contributed by atoms with Crippen molar-refractivity contribution >= 4 is 5.91 Å². The van der Waals surface area contributed by atoms with Gasteiger partial charge in [-0.1, -0.05) is 20.8 Å². The number of nitrogens with one attached hydrogen (secondary N) is 1. The second-order valence-corrected chi connectivity index (χ2v) is 6.57. The Hall–Kier alpha value is -0.570. The van der Waals surface area contributed by atoms with Crippen LogP contribution in [-0.4, -0.2) is 37.0 Å². The summed E-state index contributed by atoms with van der Waals surface area (Å²) in [6.45, 7) is 10.7. The van der Waals surface area contributed by atoms with Crippen LogP contribution in [0, 0.1) is 17.3 Å². The average Bonchev–Trinajstić information content (AvgIpc) is 2.29. The van der Waals surface area contributed by atoms with Crippen molar-refractivity contribution in [3.8, 4) is 0 Å². The van der Waals surface area contributed by atoms with E-state index in [0.29, 0.717) is 17.2 Å². The minimum absolute atomic E-state index is 0.262. The zero-order valence-electron chi connectivity index (χ0n) is 11.5. The molecule has 2 unspecified atom stereocenters. The van der Waals surface area contributed by atoms with E-state index in [9.17, 15) is 4.79 Å². The van der Waals surface area contributed by atoms with Gasteiger partial charge < -0.3 is 10.2 Å². The first-order chi connectivity index (χ1) is 7.99. The topological polar surface area (TPSA) is 32.3 Å². The van der Waals surface area contributed by atoms with Crippen LogP contribution in [0.3, 0.4) is 0 Å². The third-order valence-corrected chi connectivity index (χ3v) is 4.53. The van der Waals surface area contributed by atoms with Gasteiger partial charge in [-0.15, -0.1) is 0 Å². The summed E-state index contributed by atoms with van der Waals surface area (Å²) >= 11 is 0. The lowest BCUT2D eigenvalue weighted by molar-refractivity contribution is -0.140. The Bertz CT molecular complexity index is 278. The van der Waals surface area contributed by atoms with Crippen LogP contribution in [0.5, 0.6) is 0 Å². The number of carbonyl (C=O) groups is 1. The van der Waals surface area contributed by atoms with Gasteiger partial charge in [-0.25, -0.2) is 0 Å². The summed E-state index contributed by atoms with van der Waals surface area (Å²) < 4.78 is 0. The molecule has 0 aromatic rings. The molecule has 0 radical (unpaired) electrons. The number of nitrogens with zero attached hydrogens (tertiary/aromatic N) is 1. The zero-order valence-corrected chi connectivity index (χ0v) is 11.5. The van der Waals surface area contributed by atoms with Crippen molar-refractivity contribution in [2.75, 3.05) is 26.2 Å². The molecule has 3 heteroatoms. The standard InChI is InChI=1S/C14H26N2O/c1-11-10-15-7-4-12(11)13(17)16-8-5-14(2,3)6-9-16/h11-12,15H,4-10H2,1-3H3. The molecule has 0 saturated carbocycles. The molecule has 1 N–H and O–H groups in total. The Labute approximate surface area is 105 Å². The molecule has 2 saturated heterocycles. The molecule has 17 heavy (non-hydrogen) atoms. The number of amides is 1. The molecule has 0 aromatic carbocycles. The molecule has 2 aliphatic rings. The van der Waals surface area contributed by atoms with E-state index in [0.717, 1.165) is 45.4 Å². The second-order valence-electron chi connectivity index (χ2n) is 6.57. The molecule has 0 spiro atoms. The van der Waals surface area contributed by atoms with Crippen LogP contribution in [-0.2, 0) is 4.79 Å². The Morgan fingerprint density at radius 3 is 2.53 bits per heavy atom. The maximum Gasteiger partial charge on any atom is 0.226 e. The molecule has 2 fully saturated rings. The first-order valence-corrected chi connectivity index (χ1v) is 6.99. The van der Waals surface area contributed by atoms with E-state index in [1.165, 1.54) is 0 Å². The molecule has 0 bridgehead atoms. The predicted molar refractivity (Wildman–Crippen MR) is 69.7 cm³/mol. The van der Waals surface area contributed by atoms with Gasteiger partial charge in [0, 0.05) is 19.0 Å². The lowest BCUT2D eigenvalue weighted by atomic mass is 9.81. The number of rotatable bonds is 1. The van der Waals surface area contributed by atoms with E-state index >= 15 is 0 Å². The average molecular weight is 238 g/mol. The van der Waals surface area contributed by atoms with Crippen LogP contribution in [0.1, 0.15) is 40.0 Å². The van der Waals surface area contributed by atoms with Crippen molar-refractivity contribution in [2.45, 2.75) is 40.0 Å². The van der Waals surface area contributed by atoms with E-state index in [4.69, 9.17) is 0 Å². The Balaban J connectivity index is 1.92. The van der Waals surface area contributed by atoms with E-state index in [1.54, 1.807) is 0 Å². The first-order valence-electron chi connectivity index (χ1n) is 6.99. The number of piperidine rings is 2. The van der Waals surface area contributed by atoms with E-state index < -0.39 is 0 Å². The monoisotopic (exact) mass is 238 g/mol. The van der Waals surface area contributed by atoms with Gasteiger partial charge in [0.1, 0.15) is 0 Å². The number of hydrogen-bond acceptors (Lipinski definition) is 2. The van der Waals surface area contributed by atoms with Crippen LogP contribution >= 0.6 is 0 Å². The van der Waals surface area contributed by atoms with Crippen molar-refractivity contribution in [3.05, 3.63) is 0 Å². The van der Waals surface area contributed by atoms with Crippen LogP contribution in [0.25, 0.3) is 0 Å². The number of hydrogen-bond donors (Lipinski definition) is 1. The van der Waals surface area contributed by atoms with Crippen LogP contribution in [0.4, 0.5) is 0 Å². The lowest BCUT2D eigenvalue weighted by Crippen LogP contribution is -2.48. The molecule has 0 aliphatic carbocycles. The highest BCUT2D eigenvalue weighted by Crippen LogP contribution is 2.31. The van der Waals surface area contributed by atoms with Crippen molar-refractivity contribution in [1.29, 1.82) is 0 Å². The van der Waals surface area contributed by atoms with Crippen molar-refractivity contribution < 1.29 is 4.79 Å². The van der Waals surface area contributed by atoms with Gasteiger partial charge in [-0.2, -0.15) is 0 Å². The normalized spacial score (nSPS) is 33.5. The highest BCUT2D eigenvalue weighted by molar-refractivity contribution is 5.79. The number of carbonyl (C=O) groups excluding carboxylic acids is 1. The van der Waals surface area contributed by atoms with Gasteiger partial charge >= 0.3 is 0 Å². The van der Waals surface area contributed by atoms with Gasteiger partial charge in [0.25, 0.3) is 0 Å². The summed E-state index contributed by atoms with van der Waals surface area (Å²) in [5, 5.41) is 3.36. The molecule has 2 aliphatic heterocycles. The summed E-state index contributed by atoms with van der Waals surface area (Å²) in [4.78, 5) is 14.6. The third kappa shape index (κ3) is 3.01. The van der Waals surface area contributed by atoms with Gasteiger partial charge in [-0.3, -0.25) is 4.79 Å². The van der Waals surface area contributed by atoms with Gasteiger partial charge in [-0.05, 0) is 43.7 Å². The molecule has 2 rings (SSSR count). The van der Waals surface area contributed by atoms with Crippen LogP contribution in [0.2, 0.25) is 0 Å². The third-order valence-electron chi connectivity index (χ3n) is 4.53. The summed E-state index contributed by atoms with van der Waals surface area (Å²) in [5.41, 5.74) is 0.427. The van der Waals surface area contributed by atoms with Crippen molar-refractivity contribution in [2.24, 2.45) is 17.3 Å². The fourth-order valence-corrected chi connectivity index (χ4v) is 2.95. The van der Waals surface area contributed by atoms with Crippen molar-refractivity contribution in [1.82, 2.24) is 10.2 Å². The molecule has 1 amide bonds. The fraction of sp³-hybridized carbons (Fsp3) is 0.929. The SMILES string of the molecule is CC1CNCCC1C(=O)N1CCC(C)(C)CC1. The maximum absolute atomic E-state index is 12.5. The van der Waals surface area contributed by atoms with Gasteiger partial charge in [0.05, 0.1) is 0 Å². The predicted octanol–water partition coefficient (Wildman–Crippen LogP) is 1.88. The highest BCUT2D eigenvalue weighted by Gasteiger charge is 2.34. The number of likely N-dealkylation sites (tertiary alicyclic amines) is 1. The van der Waals surface area contributed by atoms with Crippen LogP contribution in [0.15, 0.2) is 0 Å². The fourth-order valence-electron chi connectivity index (χ4n) is 2.95. The van der Waals surface area contributed by atoms with E-state index in [1.807, 2.05) is 0 Å². The van der Waals surface area contributed by atoms with Crippen molar-refractivity contribution in [3.63, 3.8) is 0 Å². The molecule has 98 valence electrons.